The summed E-state index contributed by atoms with van der Waals surface area (Å²) >= 11 is 0. The van der Waals surface area contributed by atoms with Crippen LogP contribution >= 0.6 is 0 Å². The van der Waals surface area contributed by atoms with Gasteiger partial charge in [0.2, 0.25) is 5.95 Å². The van der Waals surface area contributed by atoms with Gasteiger partial charge >= 0.3 is 6.03 Å². The molecule has 0 unspecified atom stereocenters. The second-order valence-corrected chi connectivity index (χ2v) is 6.69. The number of rotatable bonds is 6. The average molecular weight is 400 g/mol. The summed E-state index contributed by atoms with van der Waals surface area (Å²) in [5.74, 6) is 2.74. The molecule has 1 aliphatic heterocycles. The van der Waals surface area contributed by atoms with Crippen LogP contribution in [0.2, 0.25) is 0 Å². The highest BCUT2D eigenvalue weighted by atomic mass is 16.5. The fourth-order valence-corrected chi connectivity index (χ4v) is 3.19. The molecule has 156 valence electrons. The van der Waals surface area contributed by atoms with Crippen LogP contribution < -0.4 is 25.0 Å². The minimum absolute atomic E-state index is 0.152. The van der Waals surface area contributed by atoms with Crippen LogP contribution in [0.3, 0.4) is 0 Å². The molecule has 2 heterocycles. The van der Waals surface area contributed by atoms with Crippen molar-refractivity contribution in [3.05, 3.63) is 30.0 Å². The van der Waals surface area contributed by atoms with Crippen molar-refractivity contribution < 1.29 is 14.3 Å². The zero-order chi connectivity index (χ0) is 20.8. The third kappa shape index (κ3) is 4.98. The molecule has 9 nitrogen and oxygen atoms in total. The minimum atomic E-state index is -0.152. The lowest BCUT2D eigenvalue weighted by atomic mass is 10.2. The molecular formula is C20H28N6O3. The fraction of sp³-hybridized carbons (Fsp3) is 0.450. The predicted molar refractivity (Wildman–Crippen MR) is 113 cm³/mol. The Kier molecular flexibility index (Phi) is 6.58. The van der Waals surface area contributed by atoms with Crippen LogP contribution in [0.4, 0.5) is 22.2 Å². The Labute approximate surface area is 171 Å². The molecule has 0 bridgehead atoms. The number of nitrogens with one attached hydrogen (secondary N) is 2. The number of anilines is 3. The molecular weight excluding hydrogens is 372 g/mol. The van der Waals surface area contributed by atoms with Crippen LogP contribution in [0.25, 0.3) is 0 Å². The van der Waals surface area contributed by atoms with Gasteiger partial charge in [0.05, 0.1) is 19.9 Å². The van der Waals surface area contributed by atoms with E-state index in [2.05, 4.69) is 25.5 Å². The van der Waals surface area contributed by atoms with E-state index in [1.54, 1.807) is 37.3 Å². The van der Waals surface area contributed by atoms with E-state index >= 15 is 0 Å². The summed E-state index contributed by atoms with van der Waals surface area (Å²) in [7, 11) is 3.15. The number of nitrogens with zero attached hydrogens (tertiary/aromatic N) is 4. The number of amides is 2. The van der Waals surface area contributed by atoms with Gasteiger partial charge in [-0.3, -0.25) is 0 Å². The van der Waals surface area contributed by atoms with Crippen molar-refractivity contribution in [1.82, 2.24) is 14.9 Å². The van der Waals surface area contributed by atoms with Crippen molar-refractivity contribution in [1.29, 1.82) is 0 Å². The largest absolute Gasteiger partial charge is 0.497 e. The molecule has 1 saturated heterocycles. The zero-order valence-electron chi connectivity index (χ0n) is 17.4. The number of carbonyl (C=O) groups is 1. The molecule has 2 amide bonds. The summed E-state index contributed by atoms with van der Waals surface area (Å²) in [5, 5.41) is 6.08. The lowest BCUT2D eigenvalue weighted by Crippen LogP contribution is -2.50. The van der Waals surface area contributed by atoms with Crippen molar-refractivity contribution in [2.45, 2.75) is 13.8 Å². The van der Waals surface area contributed by atoms with Gasteiger partial charge in [0.15, 0.2) is 0 Å². The molecule has 2 N–H and O–H groups in total. The monoisotopic (exact) mass is 400 g/mol. The van der Waals surface area contributed by atoms with Crippen molar-refractivity contribution >= 4 is 23.5 Å². The first-order valence-corrected chi connectivity index (χ1v) is 9.66. The molecule has 9 heteroatoms. The number of hydrogen-bond donors (Lipinski definition) is 2. The first-order chi connectivity index (χ1) is 14.0. The van der Waals surface area contributed by atoms with E-state index in [1.807, 2.05) is 19.9 Å². The van der Waals surface area contributed by atoms with E-state index in [4.69, 9.17) is 9.47 Å². The SMILES string of the molecule is CCNc1nc(C)cc(N2CCN(C(=O)Nc3ccc(OC)cc3OC)CC2)n1. The number of carbonyl (C=O) groups excluding carboxylic acids is 1. The van der Waals surface area contributed by atoms with E-state index in [9.17, 15) is 4.79 Å². The van der Waals surface area contributed by atoms with Gasteiger partial charge in [-0.1, -0.05) is 0 Å². The van der Waals surface area contributed by atoms with Crippen LogP contribution in [-0.2, 0) is 0 Å². The van der Waals surface area contributed by atoms with Crippen molar-refractivity contribution in [3.8, 4) is 11.5 Å². The summed E-state index contributed by atoms with van der Waals surface area (Å²) in [6, 6.07) is 7.12. The number of hydrogen-bond acceptors (Lipinski definition) is 7. The lowest BCUT2D eigenvalue weighted by Gasteiger charge is -2.35. The van der Waals surface area contributed by atoms with Gasteiger partial charge in [-0.25, -0.2) is 9.78 Å². The molecule has 3 rings (SSSR count). The molecule has 2 aromatic rings. The van der Waals surface area contributed by atoms with E-state index in [1.165, 1.54) is 0 Å². The molecule has 0 aliphatic carbocycles. The quantitative estimate of drug-likeness (QED) is 0.770. The number of aryl methyl sites for hydroxylation is 1. The summed E-state index contributed by atoms with van der Waals surface area (Å²) < 4.78 is 10.5. The van der Waals surface area contributed by atoms with Crippen LogP contribution in [-0.4, -0.2) is 67.8 Å². The Bertz CT molecular complexity index is 852. The van der Waals surface area contributed by atoms with Crippen molar-refractivity contribution in [3.63, 3.8) is 0 Å². The Morgan fingerprint density at radius 3 is 2.52 bits per heavy atom. The highest BCUT2D eigenvalue weighted by Gasteiger charge is 2.23. The van der Waals surface area contributed by atoms with Gasteiger partial charge in [0, 0.05) is 50.6 Å². The van der Waals surface area contributed by atoms with Crippen LogP contribution in [0.15, 0.2) is 24.3 Å². The normalized spacial score (nSPS) is 13.8. The summed E-state index contributed by atoms with van der Waals surface area (Å²) in [6.07, 6.45) is 0. The van der Waals surface area contributed by atoms with E-state index < -0.39 is 0 Å². The standard InChI is InChI=1S/C20H28N6O3/c1-5-21-19-22-14(2)12-18(24-19)25-8-10-26(11-9-25)20(27)23-16-7-6-15(28-3)13-17(16)29-4/h6-7,12-13H,5,8-11H2,1-4H3,(H,23,27)(H,21,22,24). The number of piperazine rings is 1. The maximum Gasteiger partial charge on any atom is 0.322 e. The average Bonchev–Trinajstić information content (AvgIpc) is 2.74. The molecule has 1 aromatic heterocycles. The molecule has 0 radical (unpaired) electrons. The van der Waals surface area contributed by atoms with E-state index in [0.29, 0.717) is 49.3 Å². The van der Waals surface area contributed by atoms with Gasteiger partial charge in [0.1, 0.15) is 17.3 Å². The molecule has 0 atom stereocenters. The molecule has 1 fully saturated rings. The Hall–Kier alpha value is -3.23. The smallest absolute Gasteiger partial charge is 0.322 e. The summed E-state index contributed by atoms with van der Waals surface area (Å²) in [5.41, 5.74) is 1.53. The highest BCUT2D eigenvalue weighted by Crippen LogP contribution is 2.29. The van der Waals surface area contributed by atoms with Crippen molar-refractivity contribution in [2.75, 3.05) is 62.5 Å². The van der Waals surface area contributed by atoms with Gasteiger partial charge in [-0.15, -0.1) is 0 Å². The molecule has 29 heavy (non-hydrogen) atoms. The molecule has 1 aliphatic rings. The van der Waals surface area contributed by atoms with Crippen LogP contribution in [0.1, 0.15) is 12.6 Å². The Balaban J connectivity index is 1.61. The Morgan fingerprint density at radius 2 is 1.86 bits per heavy atom. The molecule has 1 aromatic carbocycles. The van der Waals surface area contributed by atoms with Crippen molar-refractivity contribution in [2.24, 2.45) is 0 Å². The van der Waals surface area contributed by atoms with Gasteiger partial charge in [-0.2, -0.15) is 4.98 Å². The number of methoxy groups -OCH3 is 2. The maximum atomic E-state index is 12.7. The lowest BCUT2D eigenvalue weighted by molar-refractivity contribution is 0.208. The third-order valence-corrected chi connectivity index (χ3v) is 4.72. The number of urea groups is 1. The summed E-state index contributed by atoms with van der Waals surface area (Å²) in [6.45, 7) is 7.35. The second-order valence-electron chi connectivity index (χ2n) is 6.69. The first-order valence-electron chi connectivity index (χ1n) is 9.66. The van der Waals surface area contributed by atoms with Gasteiger partial charge < -0.3 is 29.9 Å². The molecule has 0 saturated carbocycles. The Morgan fingerprint density at radius 1 is 1.10 bits per heavy atom. The predicted octanol–water partition coefficient (Wildman–Crippen LogP) is 2.59. The second kappa shape index (κ2) is 9.31. The third-order valence-electron chi connectivity index (χ3n) is 4.72. The van der Waals surface area contributed by atoms with E-state index in [0.717, 1.165) is 18.1 Å². The highest BCUT2D eigenvalue weighted by molar-refractivity contribution is 5.91. The fourth-order valence-electron chi connectivity index (χ4n) is 3.19. The minimum Gasteiger partial charge on any atom is -0.497 e. The van der Waals surface area contributed by atoms with Crippen LogP contribution in [0, 0.1) is 6.92 Å². The topological polar surface area (TPSA) is 91.9 Å². The maximum absolute atomic E-state index is 12.7. The molecule has 0 spiro atoms. The van der Waals surface area contributed by atoms with E-state index in [-0.39, 0.29) is 6.03 Å². The summed E-state index contributed by atoms with van der Waals surface area (Å²) in [4.78, 5) is 25.6. The van der Waals surface area contributed by atoms with Crippen LogP contribution in [0.5, 0.6) is 11.5 Å². The number of benzene rings is 1. The number of ether oxygens (including phenoxy) is 2. The van der Waals surface area contributed by atoms with Gasteiger partial charge in [0.25, 0.3) is 0 Å². The zero-order valence-corrected chi connectivity index (χ0v) is 17.4. The number of aromatic nitrogens is 2. The van der Waals surface area contributed by atoms with Gasteiger partial charge in [-0.05, 0) is 26.0 Å². The first kappa shape index (κ1) is 20.5.